The van der Waals surface area contributed by atoms with Crippen molar-refractivity contribution in [2.45, 2.75) is 0 Å². The Hall–Kier alpha value is 3.35. The molecule has 0 spiro atoms. The molecule has 0 aliphatic carbocycles. The summed E-state index contributed by atoms with van der Waals surface area (Å²) >= 11 is 0. The van der Waals surface area contributed by atoms with Gasteiger partial charge in [0.2, 0.25) is 0 Å². The molecule has 0 nitrogen and oxygen atoms in total. The van der Waals surface area contributed by atoms with Crippen LogP contribution in [0.4, 0.5) is 0 Å². The van der Waals surface area contributed by atoms with Gasteiger partial charge in [-0.05, 0) is 0 Å². The quantitative estimate of drug-likeness (QED) is 0.515. The van der Waals surface area contributed by atoms with Gasteiger partial charge in [0.15, 0.2) is 0 Å². The van der Waals surface area contributed by atoms with Crippen LogP contribution in [0.25, 0.3) is 0 Å². The van der Waals surface area contributed by atoms with E-state index < -0.39 is 0 Å². The fourth-order valence-electron chi connectivity index (χ4n) is 0. The molecular weight excluding hydrogens is 295 g/mol. The number of rotatable bonds is 0. The zero-order chi connectivity index (χ0) is 0. The van der Waals surface area contributed by atoms with Gasteiger partial charge < -0.3 is 0 Å². The fraction of sp³-hybridized carbons (Fsp3) is 0. The molecule has 24 valence electrons. The van der Waals surface area contributed by atoms with Crippen LogP contribution < -0.4 is 0 Å². The van der Waals surface area contributed by atoms with E-state index in [9.17, 15) is 0 Å². The second-order valence-electron chi connectivity index (χ2n) is 0. The van der Waals surface area contributed by atoms with Gasteiger partial charge in [0.25, 0.3) is 0 Å². The first kappa shape index (κ1) is 58.1. The van der Waals surface area contributed by atoms with Gasteiger partial charge in [0.1, 0.15) is 0 Å². The Kier molecular flexibility index (Phi) is 389. The maximum absolute atomic E-state index is 0. The molecule has 0 saturated carbocycles. The monoisotopic (exact) mass is 292 g/mol. The van der Waals surface area contributed by atoms with Crippen molar-refractivity contribution in [3.63, 3.8) is 0 Å². The van der Waals surface area contributed by atoms with Crippen LogP contribution in [0.5, 0.6) is 0 Å². The molecule has 0 aromatic carbocycles. The molecule has 0 fully saturated rings. The largest absolute Gasteiger partial charge is 0 e. The van der Waals surface area contributed by atoms with Crippen molar-refractivity contribution >= 4 is 34.7 Å². The summed E-state index contributed by atoms with van der Waals surface area (Å²) < 4.78 is 0. The normalized spacial score (nSPS) is 0. The number of hydrogen-bond donors (Lipinski definition) is 0. The van der Waals surface area contributed by atoms with Crippen LogP contribution in [0.2, 0.25) is 0 Å². The van der Waals surface area contributed by atoms with Crippen molar-refractivity contribution in [1.82, 2.24) is 0 Å². The van der Waals surface area contributed by atoms with Crippen molar-refractivity contribution in [1.29, 1.82) is 0 Å². The third-order valence-electron chi connectivity index (χ3n) is 0. The molecule has 0 N–H and O–H groups in total. The predicted molar refractivity (Wildman–Crippen MR) is 11.5 cm³/mol. The minimum Gasteiger partial charge on any atom is 0 e. The van der Waals surface area contributed by atoms with Crippen LogP contribution in [0.1, 0.15) is 0 Å². The molecule has 0 bridgehead atoms. The molecule has 0 rings (SSSR count). The van der Waals surface area contributed by atoms with Crippen molar-refractivity contribution in [2.75, 3.05) is 0 Å². The first-order chi connectivity index (χ1) is 0. The molecule has 0 aromatic heterocycles. The summed E-state index contributed by atoms with van der Waals surface area (Å²) in [4.78, 5) is 0. The van der Waals surface area contributed by atoms with Gasteiger partial charge in [-0.1, -0.05) is 0 Å². The van der Waals surface area contributed by atoms with Gasteiger partial charge in [-0.25, -0.2) is 0 Å². The minimum atomic E-state index is 0. The molecule has 0 heterocycles. The van der Waals surface area contributed by atoms with Crippen LogP contribution >= 0.6 is 0 Å². The summed E-state index contributed by atoms with van der Waals surface area (Å²) in [5, 5.41) is 0. The first-order valence-corrected chi connectivity index (χ1v) is 0. The Labute approximate surface area is 106 Å². The Balaban J connectivity index is 0. The molecule has 6 heteroatoms. The summed E-state index contributed by atoms with van der Waals surface area (Å²) in [6.45, 7) is 0. The first-order valence-electron chi connectivity index (χ1n) is 0. The van der Waals surface area contributed by atoms with Gasteiger partial charge in [-0.15, -0.1) is 0 Å². The molecule has 0 saturated heterocycles. The fourth-order valence-corrected chi connectivity index (χ4v) is 0. The van der Waals surface area contributed by atoms with Gasteiger partial charge in [0, 0.05) is 108 Å². The van der Waals surface area contributed by atoms with Gasteiger partial charge in [0.05, 0.1) is 0 Å². The van der Waals surface area contributed by atoms with E-state index in [4.69, 9.17) is 0 Å². The molecule has 0 aliphatic heterocycles. The minimum absolute atomic E-state index is 0. The van der Waals surface area contributed by atoms with Gasteiger partial charge in [-0.3, -0.25) is 0 Å². The summed E-state index contributed by atoms with van der Waals surface area (Å²) in [7, 11) is 0. The Bertz CT molecular complexity index is 9.51. The third kappa shape index (κ3) is 26.4. The molecule has 0 aliphatic rings. The van der Waals surface area contributed by atoms with Crippen molar-refractivity contribution < 1.29 is 73.1 Å². The van der Waals surface area contributed by atoms with E-state index in [1.165, 1.54) is 0 Å². The van der Waals surface area contributed by atoms with E-state index in [1.807, 2.05) is 0 Å². The molecule has 0 atom stereocenters. The van der Waals surface area contributed by atoms with E-state index in [1.54, 1.807) is 0 Å². The standard InChI is InChI=1S/2Al.2Mn.2Zn. The van der Waals surface area contributed by atoms with E-state index in [0.29, 0.717) is 0 Å². The Morgan fingerprint density at radius 1 is 0.500 bits per heavy atom. The average molecular weight is 295 g/mol. The van der Waals surface area contributed by atoms with Crippen LogP contribution in [-0.4, -0.2) is 34.7 Å². The average Bonchev–Trinajstić information content (AvgIpc) is 0. The Morgan fingerprint density at radius 2 is 0.500 bits per heavy atom. The molecule has 0 amide bonds. The smallest absolute Gasteiger partial charge is 0 e. The van der Waals surface area contributed by atoms with Crippen molar-refractivity contribution in [3.05, 3.63) is 0 Å². The van der Waals surface area contributed by atoms with E-state index >= 15 is 0 Å². The zero-order valence-corrected chi connectivity index (χ0v) is 13.9. The Morgan fingerprint density at radius 3 is 0.500 bits per heavy atom. The summed E-state index contributed by atoms with van der Waals surface area (Å²) in [5.74, 6) is 0. The second kappa shape index (κ2) is 40.2. The maximum atomic E-state index is 0. The molecule has 6 heavy (non-hydrogen) atoms. The molecule has 0 unspecified atom stereocenters. The van der Waals surface area contributed by atoms with Crippen LogP contribution in [0.3, 0.4) is 0 Å². The molecule has 0 aromatic rings. The van der Waals surface area contributed by atoms with Crippen LogP contribution in [-0.2, 0) is 73.1 Å². The zero-order valence-electron chi connectivity index (χ0n) is 3.32. The predicted octanol–water partition coefficient (Wildman–Crippen LogP) is -0.772. The SMILES string of the molecule is [Al].[Al].[Mn].[Mn].[Zn].[Zn]. The topological polar surface area (TPSA) is 0 Å². The van der Waals surface area contributed by atoms with Crippen LogP contribution in [0, 0.1) is 0 Å². The third-order valence-corrected chi connectivity index (χ3v) is 0. The summed E-state index contributed by atoms with van der Waals surface area (Å²) in [5.41, 5.74) is 0. The summed E-state index contributed by atoms with van der Waals surface area (Å²) in [6, 6.07) is 0. The van der Waals surface area contributed by atoms with Crippen molar-refractivity contribution in [2.24, 2.45) is 0 Å². The molecular formula is Al2Mn2Zn2. The second-order valence-corrected chi connectivity index (χ2v) is 0. The van der Waals surface area contributed by atoms with E-state index in [2.05, 4.69) is 0 Å². The van der Waals surface area contributed by atoms with E-state index in [-0.39, 0.29) is 108 Å². The number of hydrogen-bond acceptors (Lipinski definition) is 0. The van der Waals surface area contributed by atoms with Crippen LogP contribution in [0.15, 0.2) is 0 Å². The van der Waals surface area contributed by atoms with Gasteiger partial charge in [-0.2, -0.15) is 0 Å². The van der Waals surface area contributed by atoms with Crippen molar-refractivity contribution in [3.8, 4) is 0 Å². The van der Waals surface area contributed by atoms with E-state index in [0.717, 1.165) is 0 Å². The van der Waals surface area contributed by atoms with Gasteiger partial charge >= 0.3 is 0 Å². The summed E-state index contributed by atoms with van der Waals surface area (Å²) in [6.07, 6.45) is 0. The maximum Gasteiger partial charge on any atom is 0 e. The molecule has 8 radical (unpaired) electrons.